The van der Waals surface area contributed by atoms with Crippen molar-refractivity contribution >= 4 is 46.2 Å². The Morgan fingerprint density at radius 2 is 1.58 bits per heavy atom. The first-order chi connectivity index (χ1) is 31.3. The summed E-state index contributed by atoms with van der Waals surface area (Å²) in [6, 6.07) is 13.2. The van der Waals surface area contributed by atoms with E-state index in [2.05, 4.69) is 65.0 Å². The Hall–Kier alpha value is -5.96. The van der Waals surface area contributed by atoms with Crippen molar-refractivity contribution < 1.29 is 38.1 Å². The molecule has 5 aliphatic rings. The van der Waals surface area contributed by atoms with Crippen LogP contribution in [0.1, 0.15) is 101 Å². The Labute approximate surface area is 380 Å². The van der Waals surface area contributed by atoms with Crippen LogP contribution in [0.4, 0.5) is 15.3 Å². The van der Waals surface area contributed by atoms with Crippen LogP contribution in [-0.4, -0.2) is 108 Å². The molecule has 0 radical (unpaired) electrons. The minimum atomic E-state index is -0.748. The fraction of sp³-hybridized carbons (Fsp3) is 0.520. The van der Waals surface area contributed by atoms with Gasteiger partial charge in [-0.05, 0) is 103 Å². The number of carbonyl (C=O) groups is 4. The van der Waals surface area contributed by atoms with E-state index in [0.29, 0.717) is 38.5 Å². The van der Waals surface area contributed by atoms with Crippen molar-refractivity contribution in [3.8, 4) is 28.1 Å². The van der Waals surface area contributed by atoms with Crippen molar-refractivity contribution in [3.63, 3.8) is 0 Å². The molecule has 3 N–H and O–H groups in total. The molecule has 3 aromatic carbocycles. The predicted molar refractivity (Wildman–Crippen MR) is 246 cm³/mol. The monoisotopic (exact) mass is 887 g/mol. The standard InChI is InChI=1S/C50H61N7O8/c1-25(2)42(54-49(60)63-7)47(58)56-22-28(23-62-6)17-40(56)46-52-44(29-10-11-29)45(53-46)31-12-14-33-32(18-31)24-65-41-21-34-30(19-36(33)41)13-15-37-35(34)20-38(51-37)39-16-9-27(5)57(39)48(59)43(26(3)4)55-50(61)64-8/h12-15,18-19,21,25-29,39-40,42-43H,9-11,16-17,20,22-24H2,1-8H3,(H,52,53)(H,54,60)(H,55,61)/t27-,28-,39?,40?,42-,43-/m0/s1. The summed E-state index contributed by atoms with van der Waals surface area (Å²) in [5.41, 5.74) is 9.19. The van der Waals surface area contributed by atoms with Gasteiger partial charge in [0.05, 0.1) is 44.3 Å². The summed E-state index contributed by atoms with van der Waals surface area (Å²) in [6.45, 7) is 11.2. The number of imidazole rings is 1. The van der Waals surface area contributed by atoms with Crippen LogP contribution < -0.4 is 15.4 Å². The molecular formula is C50H61N7O8. The molecule has 2 unspecified atom stereocenters. The molecule has 0 bridgehead atoms. The van der Waals surface area contributed by atoms with Gasteiger partial charge in [-0.15, -0.1) is 0 Å². The SMILES string of the molecule is COC[C@H]1CC(c2nc(-c3ccc4c(c3)COc3cc5c6c(ccc5cc3-4)N=C(C3CC[C@H](C)N3C(=O)[C@@H](NC(=O)OC)C(C)C)C6)c(C3CC3)[nH]2)N(C(=O)[C@@H](NC(=O)OC)C(C)C)C1. The van der Waals surface area contributed by atoms with Gasteiger partial charge in [0.1, 0.15) is 30.3 Å². The largest absolute Gasteiger partial charge is 0.488 e. The maximum absolute atomic E-state index is 14.2. The number of fused-ring (bicyclic) bond motifs is 6. The van der Waals surface area contributed by atoms with Crippen molar-refractivity contribution in [2.45, 2.75) is 116 Å². The molecule has 4 amide bonds. The average molecular weight is 888 g/mol. The van der Waals surface area contributed by atoms with Gasteiger partial charge in [0.15, 0.2) is 0 Å². The van der Waals surface area contributed by atoms with E-state index in [4.69, 9.17) is 28.9 Å². The van der Waals surface area contributed by atoms with Gasteiger partial charge in [-0.25, -0.2) is 14.6 Å². The van der Waals surface area contributed by atoms with Crippen LogP contribution in [0.15, 0.2) is 47.5 Å². The van der Waals surface area contributed by atoms with E-state index in [1.807, 2.05) is 37.5 Å². The summed E-state index contributed by atoms with van der Waals surface area (Å²) in [7, 11) is 4.28. The first-order valence-corrected chi connectivity index (χ1v) is 23.1. The highest BCUT2D eigenvalue weighted by atomic mass is 16.5. The van der Waals surface area contributed by atoms with Gasteiger partial charge in [-0.1, -0.05) is 45.9 Å². The molecule has 4 aromatic rings. The van der Waals surface area contributed by atoms with E-state index in [9.17, 15) is 19.2 Å². The number of rotatable bonds is 12. The zero-order chi connectivity index (χ0) is 45.8. The molecule has 1 aliphatic carbocycles. The molecule has 6 atom stereocenters. The van der Waals surface area contributed by atoms with E-state index in [0.717, 1.165) is 98.6 Å². The summed E-state index contributed by atoms with van der Waals surface area (Å²) >= 11 is 0. The summed E-state index contributed by atoms with van der Waals surface area (Å²) in [5.74, 6) is 1.50. The quantitative estimate of drug-likeness (QED) is 0.127. The summed E-state index contributed by atoms with van der Waals surface area (Å²) in [4.78, 5) is 70.7. The van der Waals surface area contributed by atoms with Crippen molar-refractivity contribution in [1.82, 2.24) is 30.4 Å². The molecule has 1 aromatic heterocycles. The highest BCUT2D eigenvalue weighted by molar-refractivity contribution is 6.06. The van der Waals surface area contributed by atoms with Crippen molar-refractivity contribution in [3.05, 3.63) is 65.1 Å². The summed E-state index contributed by atoms with van der Waals surface area (Å²) < 4.78 is 21.8. The number of nitrogens with one attached hydrogen (secondary N) is 3. The molecule has 4 aliphatic heterocycles. The lowest BCUT2D eigenvalue weighted by Gasteiger charge is -2.33. The van der Waals surface area contributed by atoms with Crippen LogP contribution in [0.3, 0.4) is 0 Å². The van der Waals surface area contributed by atoms with E-state index < -0.39 is 24.3 Å². The van der Waals surface area contributed by atoms with E-state index in [1.54, 1.807) is 7.11 Å². The second-order valence-corrected chi connectivity index (χ2v) is 19.2. The third-order valence-electron chi connectivity index (χ3n) is 14.1. The number of hydrogen-bond donors (Lipinski definition) is 3. The molecule has 1 saturated carbocycles. The summed E-state index contributed by atoms with van der Waals surface area (Å²) in [5, 5.41) is 7.70. The van der Waals surface area contributed by atoms with Gasteiger partial charge in [-0.2, -0.15) is 0 Å². The summed E-state index contributed by atoms with van der Waals surface area (Å²) in [6.07, 6.45) is 3.86. The Kier molecular flexibility index (Phi) is 12.1. The van der Waals surface area contributed by atoms with Crippen molar-refractivity contribution in [2.24, 2.45) is 22.7 Å². The van der Waals surface area contributed by atoms with E-state index >= 15 is 0 Å². The molecule has 3 fully saturated rings. The zero-order valence-electron chi connectivity index (χ0n) is 38.7. The van der Waals surface area contributed by atoms with Crippen LogP contribution in [0.5, 0.6) is 5.75 Å². The van der Waals surface area contributed by atoms with Crippen LogP contribution in [0, 0.1) is 17.8 Å². The van der Waals surface area contributed by atoms with Crippen LogP contribution >= 0.6 is 0 Å². The molecule has 2 saturated heterocycles. The Morgan fingerprint density at radius 3 is 2.26 bits per heavy atom. The number of aromatic nitrogens is 2. The van der Waals surface area contributed by atoms with Gasteiger partial charge in [0.2, 0.25) is 11.8 Å². The smallest absolute Gasteiger partial charge is 0.407 e. The third-order valence-corrected chi connectivity index (χ3v) is 14.1. The lowest BCUT2D eigenvalue weighted by molar-refractivity contribution is -0.136. The number of carbonyl (C=O) groups excluding carboxylic acids is 4. The first kappa shape index (κ1) is 44.3. The van der Waals surface area contributed by atoms with Crippen LogP contribution in [-0.2, 0) is 36.8 Å². The van der Waals surface area contributed by atoms with Gasteiger partial charge < -0.3 is 44.4 Å². The van der Waals surface area contributed by atoms with Crippen molar-refractivity contribution in [2.75, 3.05) is 34.5 Å². The number of H-pyrrole nitrogens is 1. The van der Waals surface area contributed by atoms with Gasteiger partial charge in [0.25, 0.3) is 0 Å². The van der Waals surface area contributed by atoms with Gasteiger partial charge in [0, 0.05) is 60.5 Å². The Bertz CT molecular complexity index is 2560. The predicted octanol–water partition coefficient (Wildman–Crippen LogP) is 7.97. The maximum Gasteiger partial charge on any atom is 0.407 e. The number of amides is 4. The van der Waals surface area contributed by atoms with Gasteiger partial charge in [-0.3, -0.25) is 14.6 Å². The number of likely N-dealkylation sites (tertiary alicyclic amines) is 2. The lowest BCUT2D eigenvalue weighted by atomic mass is 9.90. The highest BCUT2D eigenvalue weighted by Crippen LogP contribution is 2.48. The van der Waals surface area contributed by atoms with Gasteiger partial charge >= 0.3 is 12.2 Å². The lowest BCUT2D eigenvalue weighted by Crippen LogP contribution is -2.55. The van der Waals surface area contributed by atoms with Crippen LogP contribution in [0.2, 0.25) is 0 Å². The van der Waals surface area contributed by atoms with Crippen molar-refractivity contribution in [1.29, 1.82) is 0 Å². The number of methoxy groups -OCH3 is 3. The number of alkyl carbamates (subject to hydrolysis) is 2. The molecule has 65 heavy (non-hydrogen) atoms. The molecule has 5 heterocycles. The minimum absolute atomic E-state index is 0.00996. The molecule has 0 spiro atoms. The zero-order valence-corrected chi connectivity index (χ0v) is 38.7. The Morgan fingerprint density at radius 1 is 0.862 bits per heavy atom. The molecule has 9 rings (SSSR count). The molecule has 15 heteroatoms. The molecule has 344 valence electrons. The Balaban J connectivity index is 0.980. The highest BCUT2D eigenvalue weighted by Gasteiger charge is 2.44. The second-order valence-electron chi connectivity index (χ2n) is 19.2. The number of nitrogens with zero attached hydrogens (tertiary/aromatic N) is 4. The van der Waals surface area contributed by atoms with E-state index in [-0.39, 0.29) is 47.7 Å². The molecular weight excluding hydrogens is 827 g/mol. The maximum atomic E-state index is 14.2. The average Bonchev–Trinajstić information content (AvgIpc) is 3.59. The number of ether oxygens (including phenoxy) is 4. The number of aliphatic imine (C=N–C) groups is 1. The minimum Gasteiger partial charge on any atom is -0.488 e. The fourth-order valence-electron chi connectivity index (χ4n) is 10.5. The fourth-order valence-corrected chi connectivity index (χ4v) is 10.5. The van der Waals surface area contributed by atoms with E-state index in [1.165, 1.54) is 14.2 Å². The number of aromatic amines is 1. The first-order valence-electron chi connectivity index (χ1n) is 23.1. The molecule has 15 nitrogen and oxygen atoms in total. The number of benzene rings is 3. The normalized spacial score (nSPS) is 22.0. The number of hydrogen-bond acceptors (Lipinski definition) is 10. The second kappa shape index (κ2) is 17.8. The third kappa shape index (κ3) is 8.32. The topological polar surface area (TPSA) is 177 Å². The van der Waals surface area contributed by atoms with Crippen LogP contribution in [0.25, 0.3) is 33.2 Å².